The first-order valence-corrected chi connectivity index (χ1v) is 5.28. The highest BCUT2D eigenvalue weighted by molar-refractivity contribution is 6.29. The van der Waals surface area contributed by atoms with E-state index in [0.717, 1.165) is 19.3 Å². The van der Waals surface area contributed by atoms with E-state index in [-0.39, 0.29) is 10.8 Å². The van der Waals surface area contributed by atoms with Crippen molar-refractivity contribution in [3.05, 3.63) is 23.0 Å². The van der Waals surface area contributed by atoms with Crippen LogP contribution in [0.1, 0.15) is 36.7 Å². The molecule has 0 bridgehead atoms. The summed E-state index contributed by atoms with van der Waals surface area (Å²) >= 11 is 5.54. The molecule has 0 aliphatic heterocycles. The van der Waals surface area contributed by atoms with E-state index in [9.17, 15) is 4.79 Å². The van der Waals surface area contributed by atoms with Crippen molar-refractivity contribution in [3.63, 3.8) is 0 Å². The summed E-state index contributed by atoms with van der Waals surface area (Å²) in [6.45, 7) is 2.52. The zero-order chi connectivity index (χ0) is 11.1. The van der Waals surface area contributed by atoms with Crippen molar-refractivity contribution in [2.45, 2.75) is 26.2 Å². The highest BCUT2D eigenvalue weighted by Crippen LogP contribution is 2.04. The molecule has 0 aromatic carbocycles. The fourth-order valence-electron chi connectivity index (χ4n) is 1.02. The predicted octanol–water partition coefficient (Wildman–Crippen LogP) is 2.48. The van der Waals surface area contributed by atoms with Gasteiger partial charge in [-0.05, 0) is 18.6 Å². The molecule has 0 fully saturated rings. The van der Waals surface area contributed by atoms with Gasteiger partial charge in [-0.15, -0.1) is 10.2 Å². The first-order chi connectivity index (χ1) is 7.24. The molecule has 0 saturated carbocycles. The fraction of sp³-hybridized carbons (Fsp3) is 0.500. The number of halogens is 1. The summed E-state index contributed by atoms with van der Waals surface area (Å²) in [6.07, 6.45) is 3.03. The Bertz CT molecular complexity index is 314. The molecular formula is C10H13ClN2O2. The second-order valence-corrected chi connectivity index (χ2v) is 3.47. The summed E-state index contributed by atoms with van der Waals surface area (Å²) in [6, 6.07) is 3.01. The van der Waals surface area contributed by atoms with Gasteiger partial charge >= 0.3 is 5.97 Å². The second-order valence-electron chi connectivity index (χ2n) is 3.08. The molecule has 1 aromatic rings. The smallest absolute Gasteiger partial charge is 0.358 e. The highest BCUT2D eigenvalue weighted by atomic mass is 35.5. The van der Waals surface area contributed by atoms with E-state index in [0.29, 0.717) is 6.61 Å². The lowest BCUT2D eigenvalue weighted by molar-refractivity contribution is 0.0490. The number of nitrogens with zero attached hydrogens (tertiary/aromatic N) is 2. The monoisotopic (exact) mass is 228 g/mol. The van der Waals surface area contributed by atoms with Crippen molar-refractivity contribution >= 4 is 17.6 Å². The second kappa shape index (κ2) is 6.35. The van der Waals surface area contributed by atoms with Crippen LogP contribution in [0.3, 0.4) is 0 Å². The van der Waals surface area contributed by atoms with Crippen LogP contribution in [-0.4, -0.2) is 22.8 Å². The molecule has 0 N–H and O–H groups in total. The third-order valence-corrected chi connectivity index (χ3v) is 2.02. The lowest BCUT2D eigenvalue weighted by Gasteiger charge is -2.02. The average Bonchev–Trinajstić information content (AvgIpc) is 2.25. The van der Waals surface area contributed by atoms with E-state index in [1.54, 1.807) is 0 Å². The van der Waals surface area contributed by atoms with Gasteiger partial charge in [-0.1, -0.05) is 31.4 Å². The number of hydrogen-bond acceptors (Lipinski definition) is 4. The van der Waals surface area contributed by atoms with Crippen LogP contribution >= 0.6 is 11.6 Å². The lowest BCUT2D eigenvalue weighted by Crippen LogP contribution is -2.09. The van der Waals surface area contributed by atoms with E-state index in [1.807, 2.05) is 0 Å². The molecule has 0 saturated heterocycles. The number of rotatable bonds is 5. The van der Waals surface area contributed by atoms with Gasteiger partial charge in [-0.25, -0.2) is 4.79 Å². The third-order valence-electron chi connectivity index (χ3n) is 1.82. The molecule has 1 rings (SSSR count). The minimum absolute atomic E-state index is 0.191. The van der Waals surface area contributed by atoms with Gasteiger partial charge in [0.25, 0.3) is 0 Å². The van der Waals surface area contributed by atoms with Gasteiger partial charge in [-0.3, -0.25) is 0 Å². The van der Waals surface area contributed by atoms with E-state index < -0.39 is 5.97 Å². The SMILES string of the molecule is CCCCCOC(=O)c1ccc(Cl)nn1. The number of ether oxygens (including phenoxy) is 1. The van der Waals surface area contributed by atoms with E-state index in [4.69, 9.17) is 16.3 Å². The molecule has 0 amide bonds. The Balaban J connectivity index is 2.37. The summed E-state index contributed by atoms with van der Waals surface area (Å²) in [4.78, 5) is 11.4. The normalized spacial score (nSPS) is 10.0. The quantitative estimate of drug-likeness (QED) is 0.574. The molecule has 0 spiro atoms. The Morgan fingerprint density at radius 2 is 2.20 bits per heavy atom. The molecule has 1 heterocycles. The van der Waals surface area contributed by atoms with Crippen molar-refractivity contribution in [2.75, 3.05) is 6.61 Å². The largest absolute Gasteiger partial charge is 0.461 e. The van der Waals surface area contributed by atoms with Crippen LogP contribution in [0, 0.1) is 0 Å². The summed E-state index contributed by atoms with van der Waals surface area (Å²) in [7, 11) is 0. The van der Waals surface area contributed by atoms with Crippen LogP contribution in [0.5, 0.6) is 0 Å². The van der Waals surface area contributed by atoms with Crippen molar-refractivity contribution in [3.8, 4) is 0 Å². The van der Waals surface area contributed by atoms with Crippen LogP contribution < -0.4 is 0 Å². The fourth-order valence-corrected chi connectivity index (χ4v) is 1.12. The number of esters is 1. The maximum Gasteiger partial charge on any atom is 0.358 e. The van der Waals surface area contributed by atoms with Crippen molar-refractivity contribution in [1.29, 1.82) is 0 Å². The molecule has 82 valence electrons. The molecule has 15 heavy (non-hydrogen) atoms. The summed E-state index contributed by atoms with van der Waals surface area (Å²) in [5, 5.41) is 7.44. The Hall–Kier alpha value is -1.16. The number of aromatic nitrogens is 2. The summed E-state index contributed by atoms with van der Waals surface area (Å²) in [5.74, 6) is -0.449. The van der Waals surface area contributed by atoms with Crippen molar-refractivity contribution in [2.24, 2.45) is 0 Å². The van der Waals surface area contributed by atoms with Gasteiger partial charge in [-0.2, -0.15) is 0 Å². The van der Waals surface area contributed by atoms with Gasteiger partial charge in [0, 0.05) is 0 Å². The number of unbranched alkanes of at least 4 members (excludes halogenated alkanes) is 2. The molecule has 4 nitrogen and oxygen atoms in total. The lowest BCUT2D eigenvalue weighted by atomic mass is 10.3. The summed E-state index contributed by atoms with van der Waals surface area (Å²) in [5.41, 5.74) is 0.191. The van der Waals surface area contributed by atoms with Crippen molar-refractivity contribution < 1.29 is 9.53 Å². The number of hydrogen-bond donors (Lipinski definition) is 0. The van der Waals surface area contributed by atoms with Gasteiger partial charge in [0.1, 0.15) is 0 Å². The molecule has 0 aliphatic carbocycles. The van der Waals surface area contributed by atoms with Crippen LogP contribution in [0.2, 0.25) is 5.15 Å². The molecule has 0 unspecified atom stereocenters. The zero-order valence-electron chi connectivity index (χ0n) is 8.57. The third kappa shape index (κ3) is 4.25. The molecule has 0 atom stereocenters. The maximum atomic E-state index is 11.4. The van der Waals surface area contributed by atoms with Crippen LogP contribution in [0.25, 0.3) is 0 Å². The Morgan fingerprint density at radius 3 is 2.80 bits per heavy atom. The summed E-state index contributed by atoms with van der Waals surface area (Å²) < 4.78 is 4.99. The van der Waals surface area contributed by atoms with Crippen LogP contribution in [-0.2, 0) is 4.74 Å². The predicted molar refractivity (Wildman–Crippen MR) is 56.8 cm³/mol. The van der Waals surface area contributed by atoms with Gasteiger partial charge in [0.15, 0.2) is 10.8 Å². The minimum Gasteiger partial charge on any atom is -0.461 e. The average molecular weight is 229 g/mol. The number of carbonyl (C=O) groups excluding carboxylic acids is 1. The zero-order valence-corrected chi connectivity index (χ0v) is 9.33. The number of carbonyl (C=O) groups is 1. The van der Waals surface area contributed by atoms with Crippen LogP contribution in [0.15, 0.2) is 12.1 Å². The minimum atomic E-state index is -0.449. The standard InChI is InChI=1S/C10H13ClN2O2/c1-2-3-4-7-15-10(14)8-5-6-9(11)13-12-8/h5-6H,2-4,7H2,1H3. The first kappa shape index (κ1) is 11.9. The van der Waals surface area contributed by atoms with Crippen molar-refractivity contribution in [1.82, 2.24) is 10.2 Å². The van der Waals surface area contributed by atoms with E-state index >= 15 is 0 Å². The Labute approximate surface area is 93.6 Å². The Kier molecular flexibility index (Phi) is 5.04. The van der Waals surface area contributed by atoms with Gasteiger partial charge in [0.2, 0.25) is 0 Å². The molecule has 1 aromatic heterocycles. The molecular weight excluding hydrogens is 216 g/mol. The first-order valence-electron chi connectivity index (χ1n) is 4.90. The van der Waals surface area contributed by atoms with E-state index in [2.05, 4.69) is 17.1 Å². The molecule has 5 heteroatoms. The van der Waals surface area contributed by atoms with Crippen LogP contribution in [0.4, 0.5) is 0 Å². The molecule has 0 radical (unpaired) electrons. The highest BCUT2D eigenvalue weighted by Gasteiger charge is 2.08. The van der Waals surface area contributed by atoms with E-state index in [1.165, 1.54) is 12.1 Å². The molecule has 0 aliphatic rings. The topological polar surface area (TPSA) is 52.1 Å². The van der Waals surface area contributed by atoms with Gasteiger partial charge < -0.3 is 4.74 Å². The van der Waals surface area contributed by atoms with Gasteiger partial charge in [0.05, 0.1) is 6.61 Å². The Morgan fingerprint density at radius 1 is 1.40 bits per heavy atom. The maximum absolute atomic E-state index is 11.4.